The van der Waals surface area contributed by atoms with Crippen molar-refractivity contribution in [2.24, 2.45) is 5.92 Å². The zero-order valence-electron chi connectivity index (χ0n) is 14.1. The van der Waals surface area contributed by atoms with E-state index in [0.717, 1.165) is 19.4 Å². The zero-order chi connectivity index (χ0) is 18.0. The topological polar surface area (TPSA) is 71.3 Å². The van der Waals surface area contributed by atoms with Crippen molar-refractivity contribution in [2.45, 2.75) is 32.7 Å². The molecule has 1 aromatic carbocycles. The fraction of sp³-hybridized carbons (Fsp3) is 0.471. The first-order chi connectivity index (χ1) is 11.9. The maximum atomic E-state index is 11.9. The number of carbonyl (C=O) groups is 1. The van der Waals surface area contributed by atoms with Crippen LogP contribution in [0.3, 0.4) is 0 Å². The van der Waals surface area contributed by atoms with E-state index in [1.165, 1.54) is 0 Å². The predicted molar refractivity (Wildman–Crippen MR) is 98.0 cm³/mol. The van der Waals surface area contributed by atoms with Gasteiger partial charge in [-0.1, -0.05) is 42.2 Å². The Hall–Kier alpha value is -1.79. The molecule has 3 rings (SSSR count). The van der Waals surface area contributed by atoms with E-state index in [0.29, 0.717) is 34.0 Å². The molecule has 6 nitrogen and oxygen atoms in total. The highest BCUT2D eigenvalue weighted by atomic mass is 35.5. The fourth-order valence-corrected chi connectivity index (χ4v) is 3.31. The largest absolute Gasteiger partial charge is 0.351 e. The van der Waals surface area contributed by atoms with E-state index < -0.39 is 0 Å². The summed E-state index contributed by atoms with van der Waals surface area (Å²) in [7, 11) is 0. The summed E-state index contributed by atoms with van der Waals surface area (Å²) in [6.45, 7) is 5.23. The van der Waals surface area contributed by atoms with Gasteiger partial charge in [0.2, 0.25) is 11.7 Å². The number of piperidine rings is 1. The molecule has 1 aliphatic rings. The predicted octanol–water partition coefficient (Wildman–Crippen LogP) is 3.78. The van der Waals surface area contributed by atoms with Crippen LogP contribution in [0.1, 0.15) is 26.7 Å². The smallest absolute Gasteiger partial charge is 0.324 e. The van der Waals surface area contributed by atoms with Gasteiger partial charge in [-0.25, -0.2) is 0 Å². The van der Waals surface area contributed by atoms with Crippen LogP contribution >= 0.6 is 23.2 Å². The van der Waals surface area contributed by atoms with Crippen molar-refractivity contribution < 1.29 is 9.32 Å². The first-order valence-corrected chi connectivity index (χ1v) is 9.03. The number of benzene rings is 1. The molecule has 1 fully saturated rings. The van der Waals surface area contributed by atoms with Crippen LogP contribution in [0.4, 0.5) is 6.01 Å². The third-order valence-electron chi connectivity index (χ3n) is 4.10. The van der Waals surface area contributed by atoms with Crippen molar-refractivity contribution in [3.05, 3.63) is 28.2 Å². The average Bonchev–Trinajstić information content (AvgIpc) is 3.04. The average molecular weight is 383 g/mol. The Labute approximate surface area is 156 Å². The van der Waals surface area contributed by atoms with Gasteiger partial charge in [0, 0.05) is 40.7 Å². The summed E-state index contributed by atoms with van der Waals surface area (Å²) >= 11 is 12.1. The molecule has 0 spiro atoms. The maximum Gasteiger partial charge on any atom is 0.324 e. The molecule has 8 heteroatoms. The van der Waals surface area contributed by atoms with Gasteiger partial charge in [-0.2, -0.15) is 4.98 Å². The van der Waals surface area contributed by atoms with Crippen molar-refractivity contribution in [1.29, 1.82) is 0 Å². The Morgan fingerprint density at radius 1 is 1.32 bits per heavy atom. The Balaban J connectivity index is 1.72. The number of rotatable bonds is 4. The molecular formula is C17H20Cl2N4O2. The Kier molecular flexibility index (Phi) is 5.49. The molecule has 0 bridgehead atoms. The normalized spacial score (nSPS) is 17.8. The number of hydrogen-bond acceptors (Lipinski definition) is 5. The molecule has 1 aliphatic heterocycles. The van der Waals surface area contributed by atoms with E-state index in [1.807, 2.05) is 18.7 Å². The second kappa shape index (κ2) is 7.62. The van der Waals surface area contributed by atoms with Crippen LogP contribution in [0.15, 0.2) is 22.7 Å². The standard InChI is InChI=1S/C17H20Cl2N4O2/c1-10(2)16(24)20-14-4-3-5-23(9-14)17-21-15(22-25-17)11-6-12(18)8-13(19)7-11/h6-8,10,14H,3-5,9H2,1-2H3,(H,20,24). The van der Waals surface area contributed by atoms with Crippen molar-refractivity contribution in [3.63, 3.8) is 0 Å². The summed E-state index contributed by atoms with van der Waals surface area (Å²) in [4.78, 5) is 18.4. The highest BCUT2D eigenvalue weighted by Crippen LogP contribution is 2.27. The highest BCUT2D eigenvalue weighted by Gasteiger charge is 2.25. The Morgan fingerprint density at radius 3 is 2.72 bits per heavy atom. The lowest BCUT2D eigenvalue weighted by atomic mass is 10.1. The lowest BCUT2D eigenvalue weighted by Crippen LogP contribution is -2.48. The summed E-state index contributed by atoms with van der Waals surface area (Å²) in [6.07, 6.45) is 1.89. The summed E-state index contributed by atoms with van der Waals surface area (Å²) < 4.78 is 5.40. The van der Waals surface area contributed by atoms with Gasteiger partial charge in [-0.05, 0) is 31.0 Å². The summed E-state index contributed by atoms with van der Waals surface area (Å²) in [5, 5.41) is 8.13. The number of carbonyl (C=O) groups excluding carboxylic acids is 1. The fourth-order valence-electron chi connectivity index (χ4n) is 2.78. The van der Waals surface area contributed by atoms with Gasteiger partial charge in [0.15, 0.2) is 0 Å². The number of nitrogens with one attached hydrogen (secondary N) is 1. The lowest BCUT2D eigenvalue weighted by molar-refractivity contribution is -0.124. The molecule has 1 unspecified atom stereocenters. The molecule has 1 saturated heterocycles. The minimum atomic E-state index is -0.0297. The third kappa shape index (κ3) is 4.44. The molecule has 1 atom stereocenters. The molecule has 134 valence electrons. The zero-order valence-corrected chi connectivity index (χ0v) is 15.6. The molecule has 2 aromatic rings. The first-order valence-electron chi connectivity index (χ1n) is 8.28. The van der Waals surface area contributed by atoms with Crippen LogP contribution in [-0.2, 0) is 4.79 Å². The van der Waals surface area contributed by atoms with Gasteiger partial charge in [0.05, 0.1) is 0 Å². The minimum absolute atomic E-state index is 0.0297. The Bertz CT molecular complexity index is 743. The van der Waals surface area contributed by atoms with E-state index in [9.17, 15) is 4.79 Å². The lowest BCUT2D eigenvalue weighted by Gasteiger charge is -2.32. The van der Waals surface area contributed by atoms with Crippen LogP contribution in [0.5, 0.6) is 0 Å². The van der Waals surface area contributed by atoms with E-state index in [-0.39, 0.29) is 17.9 Å². The molecule has 25 heavy (non-hydrogen) atoms. The van der Waals surface area contributed by atoms with Crippen molar-refractivity contribution in [3.8, 4) is 11.4 Å². The molecule has 2 heterocycles. The van der Waals surface area contributed by atoms with E-state index in [2.05, 4.69) is 15.5 Å². The van der Waals surface area contributed by atoms with Crippen LogP contribution in [0.25, 0.3) is 11.4 Å². The maximum absolute atomic E-state index is 11.9. The van der Waals surface area contributed by atoms with Crippen LogP contribution in [-0.4, -0.2) is 35.2 Å². The molecule has 1 aromatic heterocycles. The van der Waals surface area contributed by atoms with Crippen molar-refractivity contribution in [1.82, 2.24) is 15.5 Å². The van der Waals surface area contributed by atoms with Crippen molar-refractivity contribution >= 4 is 35.1 Å². The van der Waals surface area contributed by atoms with Crippen LogP contribution in [0.2, 0.25) is 10.0 Å². The summed E-state index contributed by atoms with van der Waals surface area (Å²) in [5.74, 6) is 0.470. The summed E-state index contributed by atoms with van der Waals surface area (Å²) in [6, 6.07) is 5.66. The monoisotopic (exact) mass is 382 g/mol. The second-order valence-electron chi connectivity index (χ2n) is 6.51. The van der Waals surface area contributed by atoms with Gasteiger partial charge < -0.3 is 14.7 Å². The van der Waals surface area contributed by atoms with Crippen LogP contribution in [0, 0.1) is 5.92 Å². The molecule has 0 radical (unpaired) electrons. The summed E-state index contributed by atoms with van der Waals surface area (Å²) in [5.41, 5.74) is 0.703. The number of aromatic nitrogens is 2. The number of nitrogens with zero attached hydrogens (tertiary/aromatic N) is 3. The van der Waals surface area contributed by atoms with E-state index >= 15 is 0 Å². The first kappa shape index (κ1) is 18.0. The second-order valence-corrected chi connectivity index (χ2v) is 7.38. The number of halogens is 2. The van der Waals surface area contributed by atoms with Crippen LogP contribution < -0.4 is 10.2 Å². The number of hydrogen-bond donors (Lipinski definition) is 1. The van der Waals surface area contributed by atoms with Gasteiger partial charge in [-0.15, -0.1) is 0 Å². The highest BCUT2D eigenvalue weighted by molar-refractivity contribution is 6.35. The Morgan fingerprint density at radius 2 is 2.04 bits per heavy atom. The number of amides is 1. The van der Waals surface area contributed by atoms with Gasteiger partial charge >= 0.3 is 6.01 Å². The van der Waals surface area contributed by atoms with E-state index in [1.54, 1.807) is 18.2 Å². The molecule has 1 amide bonds. The minimum Gasteiger partial charge on any atom is -0.351 e. The molecule has 0 saturated carbocycles. The molecule has 0 aliphatic carbocycles. The van der Waals surface area contributed by atoms with Crippen molar-refractivity contribution in [2.75, 3.05) is 18.0 Å². The van der Waals surface area contributed by atoms with Gasteiger partial charge in [0.1, 0.15) is 0 Å². The molecular weight excluding hydrogens is 363 g/mol. The SMILES string of the molecule is CC(C)C(=O)NC1CCCN(c2nc(-c3cc(Cl)cc(Cl)c3)no2)C1. The molecule has 1 N–H and O–H groups in total. The third-order valence-corrected chi connectivity index (χ3v) is 4.54. The number of anilines is 1. The van der Waals surface area contributed by atoms with Gasteiger partial charge in [0.25, 0.3) is 0 Å². The van der Waals surface area contributed by atoms with E-state index in [4.69, 9.17) is 27.7 Å². The quantitative estimate of drug-likeness (QED) is 0.870. The van der Waals surface area contributed by atoms with Gasteiger partial charge in [-0.3, -0.25) is 4.79 Å².